The molecule has 6 heteroatoms. The molecule has 1 aromatic heterocycles. The van der Waals surface area contributed by atoms with Crippen LogP contribution in [-0.4, -0.2) is 26.2 Å². The van der Waals surface area contributed by atoms with Gasteiger partial charge in [-0.1, -0.05) is 41.9 Å². The Balaban J connectivity index is 2.17. The van der Waals surface area contributed by atoms with Crippen LogP contribution in [-0.2, 0) is 12.0 Å². The van der Waals surface area contributed by atoms with Crippen LogP contribution in [0.25, 0.3) is 0 Å². The van der Waals surface area contributed by atoms with Gasteiger partial charge in [-0.2, -0.15) is 0 Å². The third-order valence-corrected chi connectivity index (χ3v) is 5.58. The van der Waals surface area contributed by atoms with Gasteiger partial charge < -0.3 is 0 Å². The first kappa shape index (κ1) is 14.9. The van der Waals surface area contributed by atoms with Gasteiger partial charge in [0.1, 0.15) is 0 Å². The molecule has 0 N–H and O–H groups in total. The first-order valence-corrected chi connectivity index (χ1v) is 7.67. The van der Waals surface area contributed by atoms with Gasteiger partial charge in [0.25, 0.3) is 5.92 Å². The monoisotopic (exact) mass is 335 g/mol. The second-order valence-corrected chi connectivity index (χ2v) is 7.00. The lowest BCUT2D eigenvalue weighted by molar-refractivity contribution is -0.0985. The van der Waals surface area contributed by atoms with Crippen LogP contribution in [0.3, 0.4) is 0 Å². The number of halogens is 3. The summed E-state index contributed by atoms with van der Waals surface area (Å²) in [7, 11) is 0. The van der Waals surface area contributed by atoms with E-state index in [2.05, 4.69) is 26.2 Å². The SMILES string of the molecule is CC(C)(CBr)c1cn(CC2(C)CCCC2(F)F)nn1. The van der Waals surface area contributed by atoms with Crippen LogP contribution in [0.5, 0.6) is 0 Å². The number of alkyl halides is 3. The van der Waals surface area contributed by atoms with Crippen molar-refractivity contribution in [2.24, 2.45) is 5.41 Å². The summed E-state index contributed by atoms with van der Waals surface area (Å²) in [5.74, 6) is -2.61. The van der Waals surface area contributed by atoms with Crippen molar-refractivity contribution in [2.75, 3.05) is 5.33 Å². The van der Waals surface area contributed by atoms with E-state index in [4.69, 9.17) is 0 Å². The van der Waals surface area contributed by atoms with Gasteiger partial charge in [0, 0.05) is 23.4 Å². The van der Waals surface area contributed by atoms with Crippen molar-refractivity contribution in [3.8, 4) is 0 Å². The summed E-state index contributed by atoms with van der Waals surface area (Å²) in [6, 6.07) is 0. The van der Waals surface area contributed by atoms with Crippen LogP contribution in [0.1, 0.15) is 45.7 Å². The predicted octanol–water partition coefficient (Wildman–Crippen LogP) is 3.78. The van der Waals surface area contributed by atoms with Gasteiger partial charge in [0.15, 0.2) is 0 Å². The lowest BCUT2D eigenvalue weighted by atomic mass is 9.85. The van der Waals surface area contributed by atoms with Crippen molar-refractivity contribution in [1.82, 2.24) is 15.0 Å². The van der Waals surface area contributed by atoms with Gasteiger partial charge in [-0.25, -0.2) is 8.78 Å². The summed E-state index contributed by atoms with van der Waals surface area (Å²) >= 11 is 3.44. The van der Waals surface area contributed by atoms with Gasteiger partial charge in [-0.05, 0) is 12.8 Å². The van der Waals surface area contributed by atoms with E-state index in [1.807, 2.05) is 13.8 Å². The quantitative estimate of drug-likeness (QED) is 0.784. The minimum atomic E-state index is -2.61. The maximum atomic E-state index is 13.9. The van der Waals surface area contributed by atoms with Gasteiger partial charge in [0.2, 0.25) is 0 Å². The van der Waals surface area contributed by atoms with Gasteiger partial charge in [-0.15, -0.1) is 5.10 Å². The van der Waals surface area contributed by atoms with Crippen molar-refractivity contribution in [3.05, 3.63) is 11.9 Å². The largest absolute Gasteiger partial charge is 0.255 e. The molecular formula is C13H20BrF2N3. The minimum absolute atomic E-state index is 0.0159. The number of hydrogen-bond acceptors (Lipinski definition) is 2. The summed E-state index contributed by atoms with van der Waals surface area (Å²) in [6.07, 6.45) is 2.90. The van der Waals surface area contributed by atoms with E-state index in [0.717, 1.165) is 11.0 Å². The Kier molecular flexibility index (Phi) is 3.75. The van der Waals surface area contributed by atoms with E-state index < -0.39 is 11.3 Å². The molecule has 0 aliphatic heterocycles. The molecule has 1 aliphatic rings. The molecule has 108 valence electrons. The van der Waals surface area contributed by atoms with Crippen molar-refractivity contribution in [3.63, 3.8) is 0 Å². The van der Waals surface area contributed by atoms with Gasteiger partial charge in [-0.3, -0.25) is 4.68 Å². The van der Waals surface area contributed by atoms with Crippen LogP contribution in [0, 0.1) is 5.41 Å². The van der Waals surface area contributed by atoms with E-state index in [1.54, 1.807) is 17.8 Å². The summed E-state index contributed by atoms with van der Waals surface area (Å²) < 4.78 is 29.4. The third-order valence-electron chi connectivity index (χ3n) is 4.18. The lowest BCUT2D eigenvalue weighted by Gasteiger charge is -2.30. The van der Waals surface area contributed by atoms with E-state index >= 15 is 0 Å². The molecule has 1 saturated carbocycles. The molecule has 0 aromatic carbocycles. The number of hydrogen-bond donors (Lipinski definition) is 0. The molecule has 19 heavy (non-hydrogen) atoms. The molecule has 0 amide bonds. The van der Waals surface area contributed by atoms with E-state index in [0.29, 0.717) is 12.8 Å². The van der Waals surface area contributed by atoms with Gasteiger partial charge >= 0.3 is 0 Å². The molecule has 0 saturated heterocycles. The Morgan fingerprint density at radius 3 is 2.63 bits per heavy atom. The van der Waals surface area contributed by atoms with Crippen LogP contribution in [0.4, 0.5) is 8.78 Å². The Morgan fingerprint density at radius 1 is 1.42 bits per heavy atom. The van der Waals surface area contributed by atoms with E-state index in [9.17, 15) is 8.78 Å². The molecule has 2 rings (SSSR count). The van der Waals surface area contributed by atoms with Crippen molar-refractivity contribution >= 4 is 15.9 Å². The van der Waals surface area contributed by atoms with Crippen LogP contribution >= 0.6 is 15.9 Å². The second-order valence-electron chi connectivity index (χ2n) is 6.44. The molecule has 3 nitrogen and oxygen atoms in total. The normalized spacial score (nSPS) is 26.8. The summed E-state index contributed by atoms with van der Waals surface area (Å²) in [5, 5.41) is 8.89. The fraction of sp³-hybridized carbons (Fsp3) is 0.846. The first-order chi connectivity index (χ1) is 8.70. The number of rotatable bonds is 4. The lowest BCUT2D eigenvalue weighted by Crippen LogP contribution is -2.37. The molecule has 1 atom stereocenters. The molecule has 0 bridgehead atoms. The average Bonchev–Trinajstić information content (AvgIpc) is 2.86. The number of aromatic nitrogens is 3. The Labute approximate surface area is 120 Å². The summed E-state index contributed by atoms with van der Waals surface area (Å²) in [6.45, 7) is 5.96. The predicted molar refractivity (Wildman–Crippen MR) is 73.7 cm³/mol. The standard InChI is InChI=1S/C13H20BrF2N3/c1-11(2,8-14)10-7-19(18-17-10)9-12(3)5-4-6-13(12,15)16/h7H,4-6,8-9H2,1-3H3. The first-order valence-electron chi connectivity index (χ1n) is 6.55. The second kappa shape index (κ2) is 4.79. The maximum absolute atomic E-state index is 13.9. The highest BCUT2D eigenvalue weighted by atomic mass is 79.9. The summed E-state index contributed by atoms with van der Waals surface area (Å²) in [4.78, 5) is 0. The maximum Gasteiger partial charge on any atom is 0.255 e. The van der Waals surface area contributed by atoms with Crippen molar-refractivity contribution < 1.29 is 8.78 Å². The fourth-order valence-corrected chi connectivity index (χ4v) is 2.78. The van der Waals surface area contributed by atoms with Crippen molar-refractivity contribution in [2.45, 2.75) is 57.9 Å². The molecule has 0 spiro atoms. The third kappa shape index (κ3) is 2.69. The van der Waals surface area contributed by atoms with Crippen LogP contribution in [0.15, 0.2) is 6.20 Å². The van der Waals surface area contributed by atoms with E-state index in [1.165, 1.54) is 0 Å². The highest BCUT2D eigenvalue weighted by Crippen LogP contribution is 2.50. The van der Waals surface area contributed by atoms with Crippen molar-refractivity contribution in [1.29, 1.82) is 0 Å². The molecule has 0 radical (unpaired) electrons. The Hall–Kier alpha value is -0.520. The zero-order valence-electron chi connectivity index (χ0n) is 11.6. The van der Waals surface area contributed by atoms with Crippen LogP contribution in [0.2, 0.25) is 0 Å². The molecule has 1 fully saturated rings. The average molecular weight is 336 g/mol. The highest BCUT2D eigenvalue weighted by Gasteiger charge is 2.54. The Bertz CT molecular complexity index is 458. The fourth-order valence-electron chi connectivity index (χ4n) is 2.49. The number of nitrogens with zero attached hydrogens (tertiary/aromatic N) is 3. The van der Waals surface area contributed by atoms with Crippen LogP contribution < -0.4 is 0 Å². The molecule has 1 aromatic rings. The minimum Gasteiger partial charge on any atom is -0.251 e. The van der Waals surface area contributed by atoms with E-state index in [-0.39, 0.29) is 18.4 Å². The smallest absolute Gasteiger partial charge is 0.251 e. The zero-order valence-corrected chi connectivity index (χ0v) is 13.2. The van der Waals surface area contributed by atoms with Gasteiger partial charge in [0.05, 0.1) is 17.7 Å². The zero-order chi connectivity index (χ0) is 14.3. The highest BCUT2D eigenvalue weighted by molar-refractivity contribution is 9.09. The molecule has 1 heterocycles. The Morgan fingerprint density at radius 2 is 2.11 bits per heavy atom. The molecule has 1 aliphatic carbocycles. The molecular weight excluding hydrogens is 316 g/mol. The molecule has 1 unspecified atom stereocenters. The summed E-state index contributed by atoms with van der Waals surface area (Å²) in [5.41, 5.74) is -0.317. The topological polar surface area (TPSA) is 30.7 Å².